The zero-order chi connectivity index (χ0) is 24.5. The standard InChI is InChI=1S/C23H22N2O8S/c1-3-31-23(29)20-16(17-8-5-9-32-17)13-34-22(20)25-18(26)12-33-19(27)11-24-21(28)14-6-4-7-15(10-14)30-2/h4-10,13H,3,11-12H2,1-2H3,(H,24,28)(H,25,26). The molecule has 2 N–H and O–H groups in total. The summed E-state index contributed by atoms with van der Waals surface area (Å²) in [5.41, 5.74) is 0.925. The lowest BCUT2D eigenvalue weighted by molar-refractivity contribution is -0.146. The SMILES string of the molecule is CCOC(=O)c1c(-c2ccco2)csc1NC(=O)COC(=O)CNC(=O)c1cccc(OC)c1. The van der Waals surface area contributed by atoms with Crippen molar-refractivity contribution >= 4 is 40.1 Å². The Hall–Kier alpha value is -4.12. The van der Waals surface area contributed by atoms with Crippen molar-refractivity contribution in [3.05, 3.63) is 59.2 Å². The van der Waals surface area contributed by atoms with E-state index in [4.69, 9.17) is 18.6 Å². The number of carbonyl (C=O) groups is 4. The molecule has 2 heterocycles. The van der Waals surface area contributed by atoms with Gasteiger partial charge in [-0.3, -0.25) is 14.4 Å². The van der Waals surface area contributed by atoms with Crippen LogP contribution in [0.4, 0.5) is 5.00 Å². The number of nitrogens with one attached hydrogen (secondary N) is 2. The van der Waals surface area contributed by atoms with Gasteiger partial charge < -0.3 is 29.3 Å². The number of benzene rings is 1. The van der Waals surface area contributed by atoms with E-state index >= 15 is 0 Å². The van der Waals surface area contributed by atoms with E-state index in [-0.39, 0.29) is 17.2 Å². The van der Waals surface area contributed by atoms with Crippen molar-refractivity contribution in [2.45, 2.75) is 6.92 Å². The maximum atomic E-state index is 12.5. The molecule has 0 spiro atoms. The molecule has 1 aromatic carbocycles. The predicted molar refractivity (Wildman–Crippen MR) is 123 cm³/mol. The second kappa shape index (κ2) is 11.7. The first kappa shape index (κ1) is 24.5. The third-order valence-electron chi connectivity index (χ3n) is 4.40. The number of methoxy groups -OCH3 is 1. The largest absolute Gasteiger partial charge is 0.497 e. The van der Waals surface area contributed by atoms with Crippen molar-refractivity contribution in [1.82, 2.24) is 5.32 Å². The number of carbonyl (C=O) groups excluding carboxylic acids is 4. The van der Waals surface area contributed by atoms with E-state index in [0.29, 0.717) is 22.6 Å². The summed E-state index contributed by atoms with van der Waals surface area (Å²) in [5.74, 6) is -1.65. The van der Waals surface area contributed by atoms with Gasteiger partial charge in [0.2, 0.25) is 0 Å². The van der Waals surface area contributed by atoms with Gasteiger partial charge in [0.15, 0.2) is 6.61 Å². The van der Waals surface area contributed by atoms with Crippen molar-refractivity contribution in [1.29, 1.82) is 0 Å². The maximum Gasteiger partial charge on any atom is 0.341 e. The molecule has 3 aromatic rings. The van der Waals surface area contributed by atoms with Crippen LogP contribution in [0.2, 0.25) is 0 Å². The monoisotopic (exact) mass is 486 g/mol. The van der Waals surface area contributed by atoms with Crippen molar-refractivity contribution in [3.63, 3.8) is 0 Å². The van der Waals surface area contributed by atoms with Gasteiger partial charge in [0.25, 0.3) is 11.8 Å². The number of esters is 2. The Labute approximate surface area is 198 Å². The Morgan fingerprint density at radius 1 is 1.09 bits per heavy atom. The molecule has 0 aliphatic heterocycles. The summed E-state index contributed by atoms with van der Waals surface area (Å²) >= 11 is 1.11. The minimum Gasteiger partial charge on any atom is -0.497 e. The first-order chi connectivity index (χ1) is 16.4. The molecule has 0 aliphatic carbocycles. The summed E-state index contributed by atoms with van der Waals surface area (Å²) in [6, 6.07) is 9.76. The van der Waals surface area contributed by atoms with Gasteiger partial charge in [0.05, 0.1) is 20.0 Å². The van der Waals surface area contributed by atoms with Gasteiger partial charge in [-0.25, -0.2) is 4.79 Å². The highest BCUT2D eigenvalue weighted by atomic mass is 32.1. The van der Waals surface area contributed by atoms with Crippen LogP contribution < -0.4 is 15.4 Å². The number of rotatable bonds is 10. The minimum atomic E-state index is -0.806. The number of hydrogen-bond donors (Lipinski definition) is 2. The smallest absolute Gasteiger partial charge is 0.341 e. The fraction of sp³-hybridized carbons (Fsp3) is 0.217. The van der Waals surface area contributed by atoms with Gasteiger partial charge in [0.1, 0.15) is 28.6 Å². The van der Waals surface area contributed by atoms with Crippen molar-refractivity contribution in [3.8, 4) is 17.1 Å². The highest BCUT2D eigenvalue weighted by molar-refractivity contribution is 7.15. The van der Waals surface area contributed by atoms with Gasteiger partial charge >= 0.3 is 11.9 Å². The molecule has 0 radical (unpaired) electrons. The fourth-order valence-corrected chi connectivity index (χ4v) is 3.80. The van der Waals surface area contributed by atoms with E-state index in [1.807, 2.05) is 0 Å². The Balaban J connectivity index is 1.55. The molecule has 0 unspecified atom stereocenters. The molecular weight excluding hydrogens is 464 g/mol. The lowest BCUT2D eigenvalue weighted by Crippen LogP contribution is -2.32. The molecule has 2 amide bonds. The Morgan fingerprint density at radius 2 is 1.91 bits per heavy atom. The van der Waals surface area contributed by atoms with Crippen LogP contribution in [0, 0.1) is 0 Å². The third-order valence-corrected chi connectivity index (χ3v) is 5.30. The summed E-state index contributed by atoms with van der Waals surface area (Å²) in [6.45, 7) is 0.781. The molecule has 178 valence electrons. The van der Waals surface area contributed by atoms with Crippen LogP contribution >= 0.6 is 11.3 Å². The molecule has 0 saturated carbocycles. The molecule has 0 bridgehead atoms. The van der Waals surface area contributed by atoms with E-state index in [2.05, 4.69) is 10.6 Å². The summed E-state index contributed by atoms with van der Waals surface area (Å²) in [7, 11) is 1.48. The quantitative estimate of drug-likeness (QED) is 0.418. The molecule has 0 fully saturated rings. The lowest BCUT2D eigenvalue weighted by Gasteiger charge is -2.09. The average Bonchev–Trinajstić information content (AvgIpc) is 3.51. The number of furan rings is 1. The first-order valence-electron chi connectivity index (χ1n) is 10.1. The van der Waals surface area contributed by atoms with Crippen LogP contribution in [0.5, 0.6) is 5.75 Å². The Kier molecular flexibility index (Phi) is 8.41. The summed E-state index contributed by atoms with van der Waals surface area (Å²) in [5, 5.41) is 6.85. The van der Waals surface area contributed by atoms with Crippen LogP contribution in [0.15, 0.2) is 52.5 Å². The minimum absolute atomic E-state index is 0.145. The fourth-order valence-electron chi connectivity index (χ4n) is 2.85. The molecule has 3 rings (SSSR count). The van der Waals surface area contributed by atoms with Crippen LogP contribution in [-0.4, -0.2) is 50.6 Å². The second-order valence-corrected chi connectivity index (χ2v) is 7.55. The molecule has 2 aromatic heterocycles. The molecule has 0 aliphatic rings. The third kappa shape index (κ3) is 6.23. The van der Waals surface area contributed by atoms with Crippen LogP contribution in [-0.2, 0) is 19.1 Å². The van der Waals surface area contributed by atoms with Gasteiger partial charge in [-0.15, -0.1) is 11.3 Å². The van der Waals surface area contributed by atoms with Crippen molar-refractivity contribution in [2.75, 3.05) is 32.2 Å². The van der Waals surface area contributed by atoms with E-state index in [0.717, 1.165) is 11.3 Å². The summed E-state index contributed by atoms with van der Waals surface area (Å²) < 4.78 is 20.4. The van der Waals surface area contributed by atoms with Gasteiger partial charge in [-0.2, -0.15) is 0 Å². The average molecular weight is 487 g/mol. The Morgan fingerprint density at radius 3 is 2.62 bits per heavy atom. The van der Waals surface area contributed by atoms with E-state index in [1.54, 1.807) is 42.6 Å². The zero-order valence-electron chi connectivity index (χ0n) is 18.4. The van der Waals surface area contributed by atoms with Crippen molar-refractivity contribution in [2.24, 2.45) is 0 Å². The van der Waals surface area contributed by atoms with E-state index in [1.165, 1.54) is 19.4 Å². The first-order valence-corrected chi connectivity index (χ1v) is 11.0. The number of ether oxygens (including phenoxy) is 3. The molecule has 11 heteroatoms. The van der Waals surface area contributed by atoms with Gasteiger partial charge in [-0.1, -0.05) is 6.07 Å². The maximum absolute atomic E-state index is 12.5. The molecule has 34 heavy (non-hydrogen) atoms. The van der Waals surface area contributed by atoms with E-state index in [9.17, 15) is 19.2 Å². The number of thiophene rings is 1. The van der Waals surface area contributed by atoms with Crippen LogP contribution in [0.3, 0.4) is 0 Å². The predicted octanol–water partition coefficient (Wildman–Crippen LogP) is 3.11. The van der Waals surface area contributed by atoms with Gasteiger partial charge in [0, 0.05) is 16.5 Å². The molecular formula is C23H22N2O8S. The molecule has 10 nitrogen and oxygen atoms in total. The topological polar surface area (TPSA) is 133 Å². The lowest BCUT2D eigenvalue weighted by atomic mass is 10.1. The van der Waals surface area contributed by atoms with Crippen LogP contribution in [0.25, 0.3) is 11.3 Å². The highest BCUT2D eigenvalue weighted by Crippen LogP contribution is 2.36. The zero-order valence-corrected chi connectivity index (χ0v) is 19.2. The summed E-state index contributed by atoms with van der Waals surface area (Å²) in [6.07, 6.45) is 1.46. The molecule has 0 atom stereocenters. The number of anilines is 1. The Bertz CT molecular complexity index is 1170. The number of amides is 2. The van der Waals surface area contributed by atoms with Crippen molar-refractivity contribution < 1.29 is 37.8 Å². The van der Waals surface area contributed by atoms with Crippen LogP contribution in [0.1, 0.15) is 27.6 Å². The summed E-state index contributed by atoms with van der Waals surface area (Å²) in [4.78, 5) is 48.9. The normalized spacial score (nSPS) is 10.3. The number of hydrogen-bond acceptors (Lipinski definition) is 9. The molecule has 0 saturated heterocycles. The van der Waals surface area contributed by atoms with E-state index < -0.39 is 36.9 Å². The highest BCUT2D eigenvalue weighted by Gasteiger charge is 2.24. The second-order valence-electron chi connectivity index (χ2n) is 6.67. The van der Waals surface area contributed by atoms with Gasteiger partial charge in [-0.05, 0) is 37.3 Å².